The molecule has 0 saturated carbocycles. The van der Waals surface area contributed by atoms with Crippen molar-refractivity contribution in [3.05, 3.63) is 59.7 Å². The number of aryl methyl sites for hydroxylation is 1. The first kappa shape index (κ1) is 20.9. The number of likely N-dealkylation sites (tertiary alicyclic amines) is 1. The van der Waals surface area contributed by atoms with Gasteiger partial charge in [0.15, 0.2) is 9.84 Å². The molecule has 2 aliphatic rings. The number of piperidine rings is 1. The number of rotatable bonds is 5. The van der Waals surface area contributed by atoms with Crippen LogP contribution in [0, 0.1) is 6.92 Å². The molecule has 0 radical (unpaired) electrons. The number of hydrogen-bond donors (Lipinski definition) is 1. The van der Waals surface area contributed by atoms with Gasteiger partial charge in [0.25, 0.3) is 0 Å². The maximum Gasteiger partial charge on any atom is 0.322 e. The number of benzene rings is 2. The molecule has 0 spiro atoms. The number of sulfone groups is 1. The highest BCUT2D eigenvalue weighted by atomic mass is 32.2. The van der Waals surface area contributed by atoms with Gasteiger partial charge in [-0.2, -0.15) is 0 Å². The van der Waals surface area contributed by atoms with Crippen molar-refractivity contribution >= 4 is 21.6 Å². The summed E-state index contributed by atoms with van der Waals surface area (Å²) in [4.78, 5) is 17.2. The lowest BCUT2D eigenvalue weighted by atomic mass is 10.1. The van der Waals surface area contributed by atoms with Crippen LogP contribution >= 0.6 is 0 Å². The third-order valence-corrected chi connectivity index (χ3v) is 7.78. The molecule has 2 aromatic rings. The Bertz CT molecular complexity index is 1000. The molecule has 0 aliphatic carbocycles. The second kappa shape index (κ2) is 8.78. The zero-order valence-electron chi connectivity index (χ0n) is 17.4. The van der Waals surface area contributed by atoms with Crippen LogP contribution in [0.25, 0.3) is 0 Å². The number of hydrogen-bond acceptors (Lipinski definition) is 4. The summed E-state index contributed by atoms with van der Waals surface area (Å²) < 4.78 is 24.9. The average molecular weight is 428 g/mol. The van der Waals surface area contributed by atoms with E-state index in [-0.39, 0.29) is 17.8 Å². The van der Waals surface area contributed by atoms with E-state index in [2.05, 4.69) is 23.2 Å². The van der Waals surface area contributed by atoms with E-state index in [9.17, 15) is 13.2 Å². The molecular formula is C23H29N3O3S. The Morgan fingerprint density at radius 2 is 1.80 bits per heavy atom. The molecule has 1 saturated heterocycles. The van der Waals surface area contributed by atoms with Gasteiger partial charge >= 0.3 is 6.03 Å². The Hall–Kier alpha value is -2.38. The van der Waals surface area contributed by atoms with Crippen molar-refractivity contribution in [1.82, 2.24) is 10.2 Å². The molecule has 7 heteroatoms. The molecule has 0 unspecified atom stereocenters. The SMILES string of the molecule is Cc1ccc2c(c1)CCN2C(=O)NC1CCN(CCS(=O)(=O)c2ccccc2)CC1. The van der Waals surface area contributed by atoms with E-state index < -0.39 is 9.84 Å². The summed E-state index contributed by atoms with van der Waals surface area (Å²) in [5.74, 6) is 0.123. The number of urea groups is 1. The van der Waals surface area contributed by atoms with Crippen LogP contribution in [0.15, 0.2) is 53.4 Å². The normalized spacial score (nSPS) is 17.7. The van der Waals surface area contributed by atoms with Crippen LogP contribution in [-0.4, -0.2) is 57.3 Å². The van der Waals surface area contributed by atoms with E-state index in [0.29, 0.717) is 11.4 Å². The number of nitrogens with one attached hydrogen (secondary N) is 1. The van der Waals surface area contributed by atoms with Crippen LogP contribution in [0.3, 0.4) is 0 Å². The van der Waals surface area contributed by atoms with Gasteiger partial charge in [0, 0.05) is 37.9 Å². The quantitative estimate of drug-likeness (QED) is 0.796. The van der Waals surface area contributed by atoms with Gasteiger partial charge in [0.1, 0.15) is 0 Å². The van der Waals surface area contributed by atoms with Crippen LogP contribution in [-0.2, 0) is 16.3 Å². The monoisotopic (exact) mass is 427 g/mol. The van der Waals surface area contributed by atoms with E-state index in [1.54, 1.807) is 24.3 Å². The average Bonchev–Trinajstić information content (AvgIpc) is 3.17. The molecule has 6 nitrogen and oxygen atoms in total. The summed E-state index contributed by atoms with van der Waals surface area (Å²) >= 11 is 0. The zero-order valence-corrected chi connectivity index (χ0v) is 18.2. The molecule has 2 amide bonds. The zero-order chi connectivity index (χ0) is 21.1. The summed E-state index contributed by atoms with van der Waals surface area (Å²) in [6.07, 6.45) is 2.58. The van der Waals surface area contributed by atoms with Crippen molar-refractivity contribution in [2.24, 2.45) is 0 Å². The minimum absolute atomic E-state index is 0.0253. The Kier molecular flexibility index (Phi) is 6.11. The maximum atomic E-state index is 12.8. The first-order valence-corrected chi connectivity index (χ1v) is 12.3. The maximum absolute atomic E-state index is 12.8. The van der Waals surface area contributed by atoms with Crippen molar-refractivity contribution in [3.8, 4) is 0 Å². The molecule has 2 heterocycles. The summed E-state index contributed by atoms with van der Waals surface area (Å²) in [5, 5.41) is 3.18. The smallest absolute Gasteiger partial charge is 0.322 e. The van der Waals surface area contributed by atoms with E-state index in [1.807, 2.05) is 23.1 Å². The van der Waals surface area contributed by atoms with Crippen LogP contribution in [0.4, 0.5) is 10.5 Å². The third kappa shape index (κ3) is 4.68. The Balaban J connectivity index is 1.25. The number of fused-ring (bicyclic) bond motifs is 1. The lowest BCUT2D eigenvalue weighted by Gasteiger charge is -2.33. The lowest BCUT2D eigenvalue weighted by Crippen LogP contribution is -2.49. The lowest BCUT2D eigenvalue weighted by molar-refractivity contribution is 0.201. The van der Waals surface area contributed by atoms with E-state index in [1.165, 1.54) is 11.1 Å². The van der Waals surface area contributed by atoms with E-state index >= 15 is 0 Å². The molecule has 30 heavy (non-hydrogen) atoms. The molecule has 0 bridgehead atoms. The van der Waals surface area contributed by atoms with Gasteiger partial charge in [-0.15, -0.1) is 0 Å². The molecule has 1 N–H and O–H groups in total. The Labute approximate surface area is 178 Å². The van der Waals surface area contributed by atoms with Crippen molar-refractivity contribution < 1.29 is 13.2 Å². The molecule has 0 aromatic heterocycles. The van der Waals surface area contributed by atoms with Crippen molar-refractivity contribution in [2.75, 3.05) is 36.8 Å². The van der Waals surface area contributed by atoms with E-state index in [4.69, 9.17) is 0 Å². The number of amides is 2. The molecule has 1 fully saturated rings. The highest BCUT2D eigenvalue weighted by Crippen LogP contribution is 2.29. The highest BCUT2D eigenvalue weighted by molar-refractivity contribution is 7.91. The summed E-state index contributed by atoms with van der Waals surface area (Å²) in [6.45, 7) is 4.91. The van der Waals surface area contributed by atoms with Gasteiger partial charge < -0.3 is 10.2 Å². The second-order valence-corrected chi connectivity index (χ2v) is 10.3. The number of anilines is 1. The standard InChI is InChI=1S/C23H29N3O3S/c1-18-7-8-22-19(17-18)9-14-26(22)23(27)24-20-10-12-25(13-11-20)15-16-30(28,29)21-5-3-2-4-6-21/h2-8,17,20H,9-16H2,1H3,(H,24,27). The fourth-order valence-corrected chi connectivity index (χ4v) is 5.60. The highest BCUT2D eigenvalue weighted by Gasteiger charge is 2.28. The molecule has 4 rings (SSSR count). The molecule has 160 valence electrons. The minimum atomic E-state index is -3.25. The largest absolute Gasteiger partial charge is 0.335 e. The molecule has 2 aliphatic heterocycles. The van der Waals surface area contributed by atoms with Crippen molar-refractivity contribution in [2.45, 2.75) is 37.1 Å². The Morgan fingerprint density at radius 1 is 1.07 bits per heavy atom. The predicted molar refractivity (Wildman–Crippen MR) is 119 cm³/mol. The third-order valence-electron chi connectivity index (χ3n) is 6.07. The minimum Gasteiger partial charge on any atom is -0.335 e. The van der Waals surface area contributed by atoms with Gasteiger partial charge in [0.05, 0.1) is 10.6 Å². The van der Waals surface area contributed by atoms with Crippen LogP contribution in [0.5, 0.6) is 0 Å². The number of carbonyl (C=O) groups is 1. The first-order chi connectivity index (χ1) is 14.4. The molecule has 2 aromatic carbocycles. The van der Waals surface area contributed by atoms with Gasteiger partial charge in [-0.1, -0.05) is 35.9 Å². The van der Waals surface area contributed by atoms with Gasteiger partial charge in [-0.3, -0.25) is 4.90 Å². The van der Waals surface area contributed by atoms with Crippen LogP contribution < -0.4 is 10.2 Å². The van der Waals surface area contributed by atoms with Crippen LogP contribution in [0.1, 0.15) is 24.0 Å². The fraction of sp³-hybridized carbons (Fsp3) is 0.435. The number of nitrogens with zero attached hydrogens (tertiary/aromatic N) is 2. The summed E-state index contributed by atoms with van der Waals surface area (Å²) in [5.41, 5.74) is 3.47. The molecular weight excluding hydrogens is 398 g/mol. The summed E-state index contributed by atoms with van der Waals surface area (Å²) in [6, 6.07) is 15.0. The first-order valence-electron chi connectivity index (χ1n) is 10.6. The molecule has 0 atom stereocenters. The van der Waals surface area contributed by atoms with E-state index in [0.717, 1.165) is 44.6 Å². The van der Waals surface area contributed by atoms with Gasteiger partial charge in [-0.25, -0.2) is 13.2 Å². The fourth-order valence-electron chi connectivity index (χ4n) is 4.29. The van der Waals surface area contributed by atoms with Crippen molar-refractivity contribution in [1.29, 1.82) is 0 Å². The van der Waals surface area contributed by atoms with Crippen molar-refractivity contribution in [3.63, 3.8) is 0 Å². The van der Waals surface area contributed by atoms with Crippen LogP contribution in [0.2, 0.25) is 0 Å². The predicted octanol–water partition coefficient (Wildman–Crippen LogP) is 3.01. The summed E-state index contributed by atoms with van der Waals surface area (Å²) in [7, 11) is -3.25. The van der Waals surface area contributed by atoms with Gasteiger partial charge in [-0.05, 0) is 49.9 Å². The topological polar surface area (TPSA) is 69.7 Å². The second-order valence-electron chi connectivity index (χ2n) is 8.23. The Morgan fingerprint density at radius 3 is 2.53 bits per heavy atom. The van der Waals surface area contributed by atoms with Gasteiger partial charge in [0.2, 0.25) is 0 Å². The number of carbonyl (C=O) groups excluding carboxylic acids is 1.